The fraction of sp³-hybridized carbons (Fsp3) is 0.333. The molecule has 2 heteroatoms. The number of anilines is 1. The summed E-state index contributed by atoms with van der Waals surface area (Å²) in [5, 5.41) is 8.92. The van der Waals surface area contributed by atoms with E-state index in [0.29, 0.717) is 6.42 Å². The lowest BCUT2D eigenvalue weighted by molar-refractivity contribution is 0.299. The Morgan fingerprint density at radius 3 is 2.64 bits per heavy atom. The number of hydrogen-bond acceptors (Lipinski definition) is 2. The van der Waals surface area contributed by atoms with Gasteiger partial charge < -0.3 is 10.0 Å². The van der Waals surface area contributed by atoms with Crippen molar-refractivity contribution in [2.45, 2.75) is 6.42 Å². The number of benzene rings is 1. The molecule has 1 aromatic rings. The molecule has 0 spiro atoms. The molecule has 1 N–H and O–H groups in total. The van der Waals surface area contributed by atoms with Crippen LogP contribution < -0.4 is 4.90 Å². The topological polar surface area (TPSA) is 23.5 Å². The lowest BCUT2D eigenvalue weighted by Crippen LogP contribution is -2.12. The fourth-order valence-electron chi connectivity index (χ4n) is 1.43. The quantitative estimate of drug-likeness (QED) is 0.724. The number of aliphatic hydroxyl groups is 1. The highest BCUT2D eigenvalue weighted by molar-refractivity contribution is 5.56. The maximum absolute atomic E-state index is 8.92. The first-order valence-electron chi connectivity index (χ1n) is 4.56. The van der Waals surface area contributed by atoms with Crippen molar-refractivity contribution in [2.75, 3.05) is 25.6 Å². The first kappa shape index (κ1) is 10.6. The Morgan fingerprint density at radius 2 is 2.14 bits per heavy atom. The van der Waals surface area contributed by atoms with Gasteiger partial charge in [0.15, 0.2) is 0 Å². The van der Waals surface area contributed by atoms with Crippen LogP contribution in [0.4, 0.5) is 5.69 Å². The van der Waals surface area contributed by atoms with E-state index in [-0.39, 0.29) is 6.61 Å². The Morgan fingerprint density at radius 1 is 1.43 bits per heavy atom. The van der Waals surface area contributed by atoms with E-state index in [9.17, 15) is 0 Å². The van der Waals surface area contributed by atoms with Crippen LogP contribution in [0.2, 0.25) is 0 Å². The minimum Gasteiger partial charge on any atom is -0.396 e. The second kappa shape index (κ2) is 4.69. The maximum Gasteiger partial charge on any atom is 0.0472 e. The minimum absolute atomic E-state index is 0.148. The van der Waals surface area contributed by atoms with E-state index in [1.165, 1.54) is 0 Å². The molecule has 0 unspecified atom stereocenters. The zero-order valence-corrected chi connectivity index (χ0v) is 8.62. The predicted octanol–water partition coefficient (Wildman–Crippen LogP) is 1.27. The Balaban J connectivity index is 3.11. The van der Waals surface area contributed by atoms with Gasteiger partial charge in [0.1, 0.15) is 0 Å². The molecule has 2 nitrogen and oxygen atoms in total. The lowest BCUT2D eigenvalue weighted by atomic mass is 10.1. The van der Waals surface area contributed by atoms with Gasteiger partial charge in [-0.25, -0.2) is 0 Å². The molecule has 0 bridgehead atoms. The van der Waals surface area contributed by atoms with Gasteiger partial charge in [0.2, 0.25) is 0 Å². The highest BCUT2D eigenvalue weighted by Gasteiger charge is 2.04. The highest BCUT2D eigenvalue weighted by Crippen LogP contribution is 2.20. The van der Waals surface area contributed by atoms with Crippen molar-refractivity contribution in [1.82, 2.24) is 0 Å². The van der Waals surface area contributed by atoms with Crippen LogP contribution >= 0.6 is 0 Å². The van der Waals surface area contributed by atoms with Gasteiger partial charge in [-0.05, 0) is 30.2 Å². The molecule has 0 amide bonds. The molecule has 0 aliphatic heterocycles. The third-order valence-electron chi connectivity index (χ3n) is 2.11. The van der Waals surface area contributed by atoms with Crippen LogP contribution in [-0.4, -0.2) is 25.8 Å². The Hall–Kier alpha value is -1.46. The second-order valence-electron chi connectivity index (χ2n) is 3.36. The van der Waals surface area contributed by atoms with E-state index in [2.05, 4.69) is 5.92 Å². The summed E-state index contributed by atoms with van der Waals surface area (Å²) in [4.78, 5) is 2.02. The van der Waals surface area contributed by atoms with E-state index in [1.807, 2.05) is 37.2 Å². The van der Waals surface area contributed by atoms with Crippen LogP contribution in [0.15, 0.2) is 18.2 Å². The largest absolute Gasteiger partial charge is 0.396 e. The number of aliphatic hydroxyl groups excluding tert-OH is 1. The van der Waals surface area contributed by atoms with Crippen LogP contribution in [0.5, 0.6) is 0 Å². The first-order valence-corrected chi connectivity index (χ1v) is 4.56. The van der Waals surface area contributed by atoms with E-state index in [1.54, 1.807) is 0 Å². The van der Waals surface area contributed by atoms with Crippen molar-refractivity contribution < 1.29 is 5.11 Å². The smallest absolute Gasteiger partial charge is 0.0472 e. The molecule has 0 heterocycles. The molecule has 74 valence electrons. The minimum atomic E-state index is 0.148. The predicted molar refractivity (Wildman–Crippen MR) is 59.5 cm³/mol. The molecular formula is C12H15NO. The van der Waals surface area contributed by atoms with Crippen LogP contribution in [-0.2, 0) is 6.42 Å². The molecule has 1 rings (SSSR count). The van der Waals surface area contributed by atoms with Gasteiger partial charge >= 0.3 is 0 Å². The fourth-order valence-corrected chi connectivity index (χ4v) is 1.43. The molecule has 1 aromatic carbocycles. The lowest BCUT2D eigenvalue weighted by Gasteiger charge is -2.17. The third-order valence-corrected chi connectivity index (χ3v) is 2.11. The maximum atomic E-state index is 8.92. The summed E-state index contributed by atoms with van der Waals surface area (Å²) in [5.41, 5.74) is 3.06. The average Bonchev–Trinajstić information content (AvgIpc) is 2.17. The zero-order valence-electron chi connectivity index (χ0n) is 8.62. The van der Waals surface area contributed by atoms with Gasteiger partial charge in [-0.15, -0.1) is 6.42 Å². The number of hydrogen-bond donors (Lipinski definition) is 1. The Labute approximate surface area is 85.2 Å². The van der Waals surface area contributed by atoms with E-state index in [0.717, 1.165) is 16.8 Å². The number of nitrogens with zero attached hydrogens (tertiary/aromatic N) is 1. The summed E-state index contributed by atoms with van der Waals surface area (Å²) in [7, 11) is 3.96. The van der Waals surface area contributed by atoms with Crippen molar-refractivity contribution in [3.8, 4) is 12.3 Å². The van der Waals surface area contributed by atoms with Gasteiger partial charge in [0, 0.05) is 32.0 Å². The molecule has 0 aliphatic carbocycles. The number of terminal acetylenes is 1. The molecule has 0 aliphatic rings. The standard InChI is InChI=1S/C12H15NO/c1-4-10-5-6-12(13(2)3)11(9-10)7-8-14/h1,5-6,9,14H,7-8H2,2-3H3. The summed E-state index contributed by atoms with van der Waals surface area (Å²) >= 11 is 0. The van der Waals surface area contributed by atoms with Crippen LogP contribution in [0, 0.1) is 12.3 Å². The summed E-state index contributed by atoms with van der Waals surface area (Å²) in [6.45, 7) is 0.148. The monoisotopic (exact) mass is 189 g/mol. The molecule has 0 fully saturated rings. The summed E-state index contributed by atoms with van der Waals surface area (Å²) in [6, 6.07) is 5.85. The molecular weight excluding hydrogens is 174 g/mol. The van der Waals surface area contributed by atoms with Crippen LogP contribution in [0.3, 0.4) is 0 Å². The molecule has 0 aromatic heterocycles. The second-order valence-corrected chi connectivity index (χ2v) is 3.36. The van der Waals surface area contributed by atoms with E-state index in [4.69, 9.17) is 11.5 Å². The van der Waals surface area contributed by atoms with Gasteiger partial charge in [-0.1, -0.05) is 5.92 Å². The molecule has 0 atom stereocenters. The molecule has 0 saturated heterocycles. The Bertz CT molecular complexity index is 350. The first-order chi connectivity index (χ1) is 6.69. The van der Waals surface area contributed by atoms with Crippen molar-refractivity contribution >= 4 is 5.69 Å². The highest BCUT2D eigenvalue weighted by atomic mass is 16.2. The average molecular weight is 189 g/mol. The molecule has 0 saturated carbocycles. The van der Waals surface area contributed by atoms with Gasteiger partial charge in [-0.2, -0.15) is 0 Å². The SMILES string of the molecule is C#Cc1ccc(N(C)C)c(CCO)c1. The summed E-state index contributed by atoms with van der Waals surface area (Å²) in [5.74, 6) is 2.59. The van der Waals surface area contributed by atoms with E-state index >= 15 is 0 Å². The molecule has 0 radical (unpaired) electrons. The van der Waals surface area contributed by atoms with Crippen molar-refractivity contribution in [3.63, 3.8) is 0 Å². The van der Waals surface area contributed by atoms with Crippen molar-refractivity contribution in [1.29, 1.82) is 0 Å². The summed E-state index contributed by atoms with van der Waals surface area (Å²) in [6.07, 6.45) is 5.96. The number of rotatable bonds is 3. The van der Waals surface area contributed by atoms with Crippen molar-refractivity contribution in [2.24, 2.45) is 0 Å². The Kier molecular flexibility index (Phi) is 3.55. The van der Waals surface area contributed by atoms with Gasteiger partial charge in [0.05, 0.1) is 0 Å². The van der Waals surface area contributed by atoms with Crippen LogP contribution in [0.1, 0.15) is 11.1 Å². The third kappa shape index (κ3) is 2.27. The normalized spacial score (nSPS) is 9.57. The zero-order chi connectivity index (χ0) is 10.6. The van der Waals surface area contributed by atoms with E-state index < -0.39 is 0 Å². The van der Waals surface area contributed by atoms with Crippen LogP contribution in [0.25, 0.3) is 0 Å². The molecule has 14 heavy (non-hydrogen) atoms. The van der Waals surface area contributed by atoms with Crippen molar-refractivity contribution in [3.05, 3.63) is 29.3 Å². The van der Waals surface area contributed by atoms with Gasteiger partial charge in [0.25, 0.3) is 0 Å². The van der Waals surface area contributed by atoms with Gasteiger partial charge in [-0.3, -0.25) is 0 Å². The summed E-state index contributed by atoms with van der Waals surface area (Å²) < 4.78 is 0.